The third-order valence-corrected chi connectivity index (χ3v) is 3.93. The molecular formula is C13H16Cl2N2O. The summed E-state index contributed by atoms with van der Waals surface area (Å²) in [7, 11) is 0. The topological polar surface area (TPSA) is 41.1 Å². The van der Waals surface area contributed by atoms with Gasteiger partial charge in [0.05, 0.1) is 15.6 Å². The molecule has 1 aromatic rings. The zero-order chi connectivity index (χ0) is 13.0. The van der Waals surface area contributed by atoms with Crippen molar-refractivity contribution >= 4 is 29.1 Å². The second kappa shape index (κ2) is 6.41. The van der Waals surface area contributed by atoms with Crippen LogP contribution in [0.5, 0.6) is 0 Å². The fourth-order valence-corrected chi connectivity index (χ4v) is 2.49. The van der Waals surface area contributed by atoms with Crippen molar-refractivity contribution in [3.8, 4) is 0 Å². The van der Waals surface area contributed by atoms with E-state index in [-0.39, 0.29) is 11.9 Å². The summed E-state index contributed by atoms with van der Waals surface area (Å²) in [6.45, 7) is 1.96. The average Bonchev–Trinajstić information content (AvgIpc) is 2.61. The lowest BCUT2D eigenvalue weighted by molar-refractivity contribution is 0.0934. The van der Waals surface area contributed by atoms with Gasteiger partial charge in [0, 0.05) is 6.04 Å². The smallest absolute Gasteiger partial charge is 0.253 e. The van der Waals surface area contributed by atoms with E-state index in [9.17, 15) is 4.79 Å². The van der Waals surface area contributed by atoms with Crippen LogP contribution in [-0.4, -0.2) is 25.0 Å². The molecule has 1 aliphatic rings. The Morgan fingerprint density at radius 2 is 2.11 bits per heavy atom. The van der Waals surface area contributed by atoms with Gasteiger partial charge in [-0.3, -0.25) is 4.79 Å². The van der Waals surface area contributed by atoms with Crippen molar-refractivity contribution in [2.45, 2.75) is 25.3 Å². The molecule has 0 aromatic heterocycles. The molecule has 1 amide bonds. The first-order valence-electron chi connectivity index (χ1n) is 6.14. The van der Waals surface area contributed by atoms with Gasteiger partial charge in [-0.05, 0) is 44.5 Å². The summed E-state index contributed by atoms with van der Waals surface area (Å²) >= 11 is 11.9. The van der Waals surface area contributed by atoms with E-state index in [1.54, 1.807) is 18.2 Å². The molecule has 0 aliphatic carbocycles. The van der Waals surface area contributed by atoms with Crippen LogP contribution in [0.15, 0.2) is 18.2 Å². The van der Waals surface area contributed by atoms with Crippen LogP contribution >= 0.6 is 23.2 Å². The van der Waals surface area contributed by atoms with Gasteiger partial charge in [-0.15, -0.1) is 0 Å². The van der Waals surface area contributed by atoms with Crippen LogP contribution in [0.25, 0.3) is 0 Å². The van der Waals surface area contributed by atoms with Gasteiger partial charge < -0.3 is 10.6 Å². The average molecular weight is 287 g/mol. The van der Waals surface area contributed by atoms with Crippen LogP contribution < -0.4 is 10.6 Å². The van der Waals surface area contributed by atoms with E-state index in [0.29, 0.717) is 15.6 Å². The maximum absolute atomic E-state index is 12.1. The maximum atomic E-state index is 12.1. The molecule has 3 nitrogen and oxygen atoms in total. The molecule has 2 N–H and O–H groups in total. The predicted molar refractivity (Wildman–Crippen MR) is 74.4 cm³/mol. The summed E-state index contributed by atoms with van der Waals surface area (Å²) in [5.41, 5.74) is 0.446. The van der Waals surface area contributed by atoms with Crippen LogP contribution in [-0.2, 0) is 0 Å². The molecule has 1 saturated heterocycles. The zero-order valence-electron chi connectivity index (χ0n) is 10.0. The van der Waals surface area contributed by atoms with E-state index in [4.69, 9.17) is 23.2 Å². The fourth-order valence-electron chi connectivity index (χ4n) is 2.11. The Morgan fingerprint density at radius 1 is 1.28 bits per heavy atom. The van der Waals surface area contributed by atoms with Gasteiger partial charge in [-0.2, -0.15) is 0 Å². The van der Waals surface area contributed by atoms with Gasteiger partial charge in [0.15, 0.2) is 0 Å². The minimum Gasteiger partial charge on any atom is -0.349 e. The summed E-state index contributed by atoms with van der Waals surface area (Å²) < 4.78 is 0. The first kappa shape index (κ1) is 13.7. The zero-order valence-corrected chi connectivity index (χ0v) is 11.5. The SMILES string of the molecule is O=C(NC1CCCNCC1)c1cccc(Cl)c1Cl. The van der Waals surface area contributed by atoms with E-state index in [0.717, 1.165) is 32.4 Å². The monoisotopic (exact) mass is 286 g/mol. The molecule has 2 rings (SSSR count). The summed E-state index contributed by atoms with van der Waals surface area (Å²) in [6.07, 6.45) is 3.02. The van der Waals surface area contributed by atoms with Crippen LogP contribution in [0, 0.1) is 0 Å². The second-order valence-corrected chi connectivity index (χ2v) is 5.24. The van der Waals surface area contributed by atoms with E-state index in [2.05, 4.69) is 10.6 Å². The van der Waals surface area contributed by atoms with Crippen LogP contribution in [0.2, 0.25) is 10.0 Å². The lowest BCUT2D eigenvalue weighted by Crippen LogP contribution is -2.35. The molecule has 1 unspecified atom stereocenters. The number of carbonyl (C=O) groups excluding carboxylic acids is 1. The van der Waals surface area contributed by atoms with Crippen LogP contribution in [0.3, 0.4) is 0 Å². The summed E-state index contributed by atoms with van der Waals surface area (Å²) in [5.74, 6) is -0.144. The number of benzene rings is 1. The van der Waals surface area contributed by atoms with Crippen LogP contribution in [0.4, 0.5) is 0 Å². The maximum Gasteiger partial charge on any atom is 0.253 e. The molecule has 18 heavy (non-hydrogen) atoms. The van der Waals surface area contributed by atoms with E-state index >= 15 is 0 Å². The molecule has 5 heteroatoms. The van der Waals surface area contributed by atoms with E-state index < -0.39 is 0 Å². The molecule has 1 heterocycles. The molecule has 1 fully saturated rings. The van der Waals surface area contributed by atoms with Gasteiger partial charge in [-0.1, -0.05) is 29.3 Å². The Kier molecular flexibility index (Phi) is 4.87. The number of carbonyl (C=O) groups is 1. The molecular weight excluding hydrogens is 271 g/mol. The minimum absolute atomic E-state index is 0.144. The van der Waals surface area contributed by atoms with E-state index in [1.165, 1.54) is 0 Å². The molecule has 1 aliphatic heterocycles. The predicted octanol–water partition coefficient (Wildman–Crippen LogP) is 2.87. The molecule has 0 saturated carbocycles. The molecule has 0 spiro atoms. The highest BCUT2D eigenvalue weighted by Gasteiger charge is 2.18. The number of hydrogen-bond acceptors (Lipinski definition) is 2. The summed E-state index contributed by atoms with van der Waals surface area (Å²) in [4.78, 5) is 12.1. The Balaban J connectivity index is 2.04. The highest BCUT2D eigenvalue weighted by Crippen LogP contribution is 2.25. The number of amides is 1. The number of nitrogens with one attached hydrogen (secondary N) is 2. The Hall–Kier alpha value is -0.770. The number of rotatable bonds is 2. The third kappa shape index (κ3) is 3.37. The third-order valence-electron chi connectivity index (χ3n) is 3.11. The van der Waals surface area contributed by atoms with E-state index in [1.807, 2.05) is 0 Å². The Morgan fingerprint density at radius 3 is 2.94 bits per heavy atom. The van der Waals surface area contributed by atoms with Crippen molar-refractivity contribution in [1.29, 1.82) is 0 Å². The highest BCUT2D eigenvalue weighted by molar-refractivity contribution is 6.43. The van der Waals surface area contributed by atoms with Crippen molar-refractivity contribution in [1.82, 2.24) is 10.6 Å². The minimum atomic E-state index is -0.144. The second-order valence-electron chi connectivity index (χ2n) is 4.45. The number of halogens is 2. The van der Waals surface area contributed by atoms with Gasteiger partial charge in [0.1, 0.15) is 0 Å². The van der Waals surface area contributed by atoms with Crippen molar-refractivity contribution in [2.24, 2.45) is 0 Å². The first-order chi connectivity index (χ1) is 8.68. The summed E-state index contributed by atoms with van der Waals surface area (Å²) in [6, 6.07) is 5.31. The number of hydrogen-bond donors (Lipinski definition) is 2. The summed E-state index contributed by atoms with van der Waals surface area (Å²) in [5, 5.41) is 7.07. The molecule has 0 bridgehead atoms. The van der Waals surface area contributed by atoms with Gasteiger partial charge >= 0.3 is 0 Å². The fraction of sp³-hybridized carbons (Fsp3) is 0.462. The largest absolute Gasteiger partial charge is 0.349 e. The Labute approximate surface area is 117 Å². The van der Waals surface area contributed by atoms with Gasteiger partial charge in [-0.25, -0.2) is 0 Å². The van der Waals surface area contributed by atoms with Crippen LogP contribution in [0.1, 0.15) is 29.6 Å². The highest BCUT2D eigenvalue weighted by atomic mass is 35.5. The normalized spacial score (nSPS) is 20.2. The van der Waals surface area contributed by atoms with Crippen molar-refractivity contribution in [2.75, 3.05) is 13.1 Å². The van der Waals surface area contributed by atoms with Crippen molar-refractivity contribution < 1.29 is 4.79 Å². The van der Waals surface area contributed by atoms with Gasteiger partial charge in [0.25, 0.3) is 5.91 Å². The molecule has 1 aromatic carbocycles. The molecule has 98 valence electrons. The molecule has 0 radical (unpaired) electrons. The molecule has 1 atom stereocenters. The first-order valence-corrected chi connectivity index (χ1v) is 6.89. The lowest BCUT2D eigenvalue weighted by atomic mass is 10.1. The van der Waals surface area contributed by atoms with Gasteiger partial charge in [0.2, 0.25) is 0 Å². The van der Waals surface area contributed by atoms with Crippen molar-refractivity contribution in [3.05, 3.63) is 33.8 Å². The van der Waals surface area contributed by atoms with Crippen molar-refractivity contribution in [3.63, 3.8) is 0 Å². The Bertz CT molecular complexity index is 429. The lowest BCUT2D eigenvalue weighted by Gasteiger charge is -2.16. The quantitative estimate of drug-likeness (QED) is 0.878. The standard InChI is InChI=1S/C13H16Cl2N2O/c14-11-5-1-4-10(12(11)15)13(18)17-9-3-2-7-16-8-6-9/h1,4-5,9,16H,2-3,6-8H2,(H,17,18).